The van der Waals surface area contributed by atoms with E-state index in [1.54, 1.807) is 37.3 Å². The number of hydrogen-bond acceptors (Lipinski definition) is 5. The monoisotopic (exact) mass is 291 g/mol. The summed E-state index contributed by atoms with van der Waals surface area (Å²) in [6.45, 7) is 1.56. The van der Waals surface area contributed by atoms with Crippen LogP contribution in [-0.2, 0) is 14.3 Å². The average molecular weight is 291 g/mol. The molecule has 6 heteroatoms. The molecule has 2 rings (SSSR count). The van der Waals surface area contributed by atoms with E-state index in [1.807, 2.05) is 0 Å². The summed E-state index contributed by atoms with van der Waals surface area (Å²) >= 11 is 0. The number of Topliss-reactive ketones (excluding diaryl/α,β-unsaturated/α-hetero) is 1. The predicted octanol–water partition coefficient (Wildman–Crippen LogP) is 1.81. The molecule has 6 nitrogen and oxygen atoms in total. The molecule has 0 bridgehead atoms. The minimum Gasteiger partial charge on any atom is -0.469 e. The number of ether oxygens (including phenoxy) is 1. The fraction of sp³-hybridized carbons (Fsp3) is 0.467. The van der Waals surface area contributed by atoms with Gasteiger partial charge < -0.3 is 4.74 Å². The Morgan fingerprint density at radius 3 is 2.48 bits per heavy atom. The zero-order valence-electron chi connectivity index (χ0n) is 11.9. The van der Waals surface area contributed by atoms with Crippen LogP contribution in [0.15, 0.2) is 30.3 Å². The fourth-order valence-corrected chi connectivity index (χ4v) is 3.04. The molecule has 0 aliphatic heterocycles. The summed E-state index contributed by atoms with van der Waals surface area (Å²) in [5, 5.41) is 11.5. The van der Waals surface area contributed by atoms with Crippen molar-refractivity contribution in [2.24, 2.45) is 11.8 Å². The van der Waals surface area contributed by atoms with Crippen molar-refractivity contribution in [2.45, 2.75) is 25.3 Å². The van der Waals surface area contributed by atoms with Crippen LogP contribution in [0.4, 0.5) is 0 Å². The van der Waals surface area contributed by atoms with Gasteiger partial charge in [-0.05, 0) is 5.56 Å². The number of esters is 1. The van der Waals surface area contributed by atoms with Crippen LogP contribution >= 0.6 is 0 Å². The van der Waals surface area contributed by atoms with Gasteiger partial charge in [0.05, 0.1) is 13.0 Å². The van der Waals surface area contributed by atoms with Gasteiger partial charge in [-0.25, -0.2) is 0 Å². The third-order valence-electron chi connectivity index (χ3n) is 4.19. The average Bonchev–Trinajstić information content (AvgIpc) is 2.49. The molecule has 0 unspecified atom stereocenters. The van der Waals surface area contributed by atoms with Crippen LogP contribution in [0.25, 0.3) is 0 Å². The molecule has 0 saturated heterocycles. The molecular weight excluding hydrogens is 274 g/mol. The second-order valence-corrected chi connectivity index (χ2v) is 5.30. The number of nitrogens with zero attached hydrogens (tertiary/aromatic N) is 1. The van der Waals surface area contributed by atoms with Crippen LogP contribution in [0.2, 0.25) is 0 Å². The van der Waals surface area contributed by atoms with E-state index in [-0.39, 0.29) is 12.2 Å². The molecule has 0 N–H and O–H groups in total. The Morgan fingerprint density at radius 1 is 1.33 bits per heavy atom. The standard InChI is InChI=1S/C15H17NO5/c1-9-12(17)8-11(10-6-4-3-5-7-10)14(16(19)20)13(9)15(18)21-2/h3-7,9,11,13-14H,8H2,1-2H3/t9-,11+,13-,14+/m0/s1. The number of rotatable bonds is 3. The van der Waals surface area contributed by atoms with E-state index in [0.717, 1.165) is 0 Å². The van der Waals surface area contributed by atoms with Gasteiger partial charge in [0.15, 0.2) is 0 Å². The number of hydrogen-bond donors (Lipinski definition) is 0. The molecular formula is C15H17NO5. The largest absolute Gasteiger partial charge is 0.469 e. The van der Waals surface area contributed by atoms with Crippen LogP contribution in [0.1, 0.15) is 24.8 Å². The SMILES string of the molecule is COC(=O)[C@@H]1[C@H]([N+](=O)[O-])[C@@H](c2ccccc2)CC(=O)[C@@H]1C. The van der Waals surface area contributed by atoms with Gasteiger partial charge in [-0.1, -0.05) is 37.3 Å². The topological polar surface area (TPSA) is 86.5 Å². The molecule has 0 aromatic heterocycles. The van der Waals surface area contributed by atoms with Crippen LogP contribution in [0.3, 0.4) is 0 Å². The van der Waals surface area contributed by atoms with E-state index in [0.29, 0.717) is 5.56 Å². The molecule has 0 heterocycles. The summed E-state index contributed by atoms with van der Waals surface area (Å²) in [7, 11) is 1.18. The van der Waals surface area contributed by atoms with E-state index in [2.05, 4.69) is 4.74 Å². The molecule has 21 heavy (non-hydrogen) atoms. The van der Waals surface area contributed by atoms with Gasteiger partial charge in [-0.2, -0.15) is 0 Å². The predicted molar refractivity (Wildman–Crippen MR) is 74.3 cm³/mol. The Morgan fingerprint density at radius 2 is 1.95 bits per heavy atom. The van der Waals surface area contributed by atoms with Gasteiger partial charge in [0.1, 0.15) is 11.7 Å². The van der Waals surface area contributed by atoms with Crippen molar-refractivity contribution in [3.05, 3.63) is 46.0 Å². The van der Waals surface area contributed by atoms with E-state index in [9.17, 15) is 19.7 Å². The Labute approximate surface area is 122 Å². The van der Waals surface area contributed by atoms with Crippen molar-refractivity contribution >= 4 is 11.8 Å². The van der Waals surface area contributed by atoms with E-state index >= 15 is 0 Å². The first-order valence-electron chi connectivity index (χ1n) is 6.76. The second kappa shape index (κ2) is 6.03. The van der Waals surface area contributed by atoms with Crippen molar-refractivity contribution in [1.29, 1.82) is 0 Å². The number of methoxy groups -OCH3 is 1. The normalized spacial score (nSPS) is 29.0. The molecule has 0 amide bonds. The Bertz CT molecular complexity index is 556. The third kappa shape index (κ3) is 2.79. The van der Waals surface area contributed by atoms with Crippen LogP contribution in [0, 0.1) is 22.0 Å². The summed E-state index contributed by atoms with van der Waals surface area (Å²) in [4.78, 5) is 35.1. The number of carbonyl (C=O) groups excluding carboxylic acids is 2. The quantitative estimate of drug-likeness (QED) is 0.481. The van der Waals surface area contributed by atoms with Gasteiger partial charge in [0.2, 0.25) is 6.04 Å². The molecule has 1 fully saturated rings. The third-order valence-corrected chi connectivity index (χ3v) is 4.19. The second-order valence-electron chi connectivity index (χ2n) is 5.30. The molecule has 0 radical (unpaired) electrons. The Kier molecular flexibility index (Phi) is 4.35. The van der Waals surface area contributed by atoms with Crippen molar-refractivity contribution < 1.29 is 19.2 Å². The maximum atomic E-state index is 12.1. The number of nitro groups is 1. The highest BCUT2D eigenvalue weighted by Gasteiger charge is 2.53. The van der Waals surface area contributed by atoms with Crippen molar-refractivity contribution in [3.63, 3.8) is 0 Å². The summed E-state index contributed by atoms with van der Waals surface area (Å²) in [5.74, 6) is -3.19. The molecule has 0 spiro atoms. The van der Waals surface area contributed by atoms with Gasteiger partial charge in [-0.15, -0.1) is 0 Å². The summed E-state index contributed by atoms with van der Waals surface area (Å²) < 4.78 is 4.68. The Balaban J connectivity index is 2.47. The summed E-state index contributed by atoms with van der Waals surface area (Å²) in [5.41, 5.74) is 0.702. The number of ketones is 1. The first kappa shape index (κ1) is 15.2. The lowest BCUT2D eigenvalue weighted by Gasteiger charge is -2.34. The van der Waals surface area contributed by atoms with Gasteiger partial charge >= 0.3 is 5.97 Å². The maximum absolute atomic E-state index is 12.1. The highest BCUT2D eigenvalue weighted by molar-refractivity contribution is 5.89. The molecule has 112 valence electrons. The molecule has 1 aliphatic rings. The lowest BCUT2D eigenvalue weighted by Crippen LogP contribution is -2.50. The first-order valence-corrected chi connectivity index (χ1v) is 6.76. The minimum atomic E-state index is -1.15. The minimum absolute atomic E-state index is 0.0737. The molecule has 1 aromatic carbocycles. The fourth-order valence-electron chi connectivity index (χ4n) is 3.04. The molecule has 1 saturated carbocycles. The van der Waals surface area contributed by atoms with Crippen LogP contribution in [-0.4, -0.2) is 29.8 Å². The first-order chi connectivity index (χ1) is 9.97. The molecule has 1 aromatic rings. The van der Waals surface area contributed by atoms with Gasteiger partial charge in [-0.3, -0.25) is 19.7 Å². The van der Waals surface area contributed by atoms with E-state index in [1.165, 1.54) is 7.11 Å². The van der Waals surface area contributed by atoms with Crippen LogP contribution in [0.5, 0.6) is 0 Å². The summed E-state index contributed by atoms with van der Waals surface area (Å²) in [6.07, 6.45) is 0.0737. The van der Waals surface area contributed by atoms with Crippen LogP contribution < -0.4 is 0 Å². The van der Waals surface area contributed by atoms with E-state index in [4.69, 9.17) is 0 Å². The molecule has 1 aliphatic carbocycles. The lowest BCUT2D eigenvalue weighted by atomic mass is 9.68. The van der Waals surface area contributed by atoms with E-state index < -0.39 is 34.7 Å². The van der Waals surface area contributed by atoms with Crippen molar-refractivity contribution in [1.82, 2.24) is 0 Å². The smallest absolute Gasteiger partial charge is 0.316 e. The zero-order valence-corrected chi connectivity index (χ0v) is 11.9. The summed E-state index contributed by atoms with van der Waals surface area (Å²) in [6, 6.07) is 7.68. The van der Waals surface area contributed by atoms with Crippen molar-refractivity contribution in [3.8, 4) is 0 Å². The Hall–Kier alpha value is -2.24. The highest BCUT2D eigenvalue weighted by atomic mass is 16.6. The number of carbonyl (C=O) groups is 2. The number of benzene rings is 1. The highest BCUT2D eigenvalue weighted by Crippen LogP contribution is 2.39. The van der Waals surface area contributed by atoms with Gasteiger partial charge in [0, 0.05) is 17.3 Å². The maximum Gasteiger partial charge on any atom is 0.316 e. The van der Waals surface area contributed by atoms with Crippen molar-refractivity contribution in [2.75, 3.05) is 7.11 Å². The zero-order chi connectivity index (χ0) is 15.6. The molecule has 4 atom stereocenters. The van der Waals surface area contributed by atoms with Gasteiger partial charge in [0.25, 0.3) is 0 Å². The lowest BCUT2D eigenvalue weighted by molar-refractivity contribution is -0.536.